The van der Waals surface area contributed by atoms with Gasteiger partial charge in [-0.3, -0.25) is 4.90 Å². The Kier molecular flexibility index (Phi) is 3.01. The summed E-state index contributed by atoms with van der Waals surface area (Å²) in [5.41, 5.74) is 1.76. The van der Waals surface area contributed by atoms with Crippen molar-refractivity contribution in [3.63, 3.8) is 0 Å². The second kappa shape index (κ2) is 4.96. The molecule has 1 aromatic carbocycles. The van der Waals surface area contributed by atoms with E-state index in [4.69, 9.17) is 9.47 Å². The molecule has 4 nitrogen and oxygen atoms in total. The first-order valence-corrected chi connectivity index (χ1v) is 10.4. The molecule has 2 aliphatic heterocycles. The second-order valence-electron chi connectivity index (χ2n) is 9.49. The number of aliphatic hydroxyl groups is 1. The standard InChI is InChI=1S/C22H29NO3/c1-13-7-8-22(24)17-11-15-5-6-16(25-2)19-18(15)21(22,20(13)26-19)9-10-23(17)12-14-3-4-14/h5-6,13-14,17,20,24H,3-4,7-12H2,1-2H3/t13?,17-,20+,21+,22-/m1/s1. The fourth-order valence-electron chi connectivity index (χ4n) is 6.88. The van der Waals surface area contributed by atoms with E-state index >= 15 is 0 Å². The fourth-order valence-corrected chi connectivity index (χ4v) is 6.88. The lowest BCUT2D eigenvalue weighted by Crippen LogP contribution is -2.76. The van der Waals surface area contributed by atoms with Crippen molar-refractivity contribution in [3.8, 4) is 11.5 Å². The van der Waals surface area contributed by atoms with E-state index in [1.807, 2.05) is 0 Å². The molecule has 3 fully saturated rings. The largest absolute Gasteiger partial charge is 0.493 e. The van der Waals surface area contributed by atoms with Crippen LogP contribution < -0.4 is 9.47 Å². The number of hydrogen-bond acceptors (Lipinski definition) is 4. The van der Waals surface area contributed by atoms with E-state index in [1.54, 1.807) is 7.11 Å². The summed E-state index contributed by atoms with van der Waals surface area (Å²) >= 11 is 0. The van der Waals surface area contributed by atoms with Crippen molar-refractivity contribution in [3.05, 3.63) is 23.3 Å². The van der Waals surface area contributed by atoms with Gasteiger partial charge in [-0.25, -0.2) is 0 Å². The van der Waals surface area contributed by atoms with Gasteiger partial charge in [0.1, 0.15) is 6.10 Å². The van der Waals surface area contributed by atoms with Crippen LogP contribution in [-0.2, 0) is 11.8 Å². The maximum atomic E-state index is 12.2. The van der Waals surface area contributed by atoms with Crippen LogP contribution in [0.2, 0.25) is 0 Å². The van der Waals surface area contributed by atoms with Gasteiger partial charge < -0.3 is 14.6 Å². The molecule has 0 amide bonds. The number of likely N-dealkylation sites (tertiary alicyclic amines) is 1. The van der Waals surface area contributed by atoms with Crippen LogP contribution in [0, 0.1) is 11.8 Å². The molecule has 1 spiro atoms. The van der Waals surface area contributed by atoms with Gasteiger partial charge in [-0.15, -0.1) is 0 Å². The van der Waals surface area contributed by atoms with Crippen molar-refractivity contribution in [1.29, 1.82) is 0 Å². The zero-order valence-corrected chi connectivity index (χ0v) is 15.8. The number of piperidine rings is 1. The molecule has 1 N–H and O–H groups in total. The van der Waals surface area contributed by atoms with Crippen molar-refractivity contribution in [1.82, 2.24) is 4.90 Å². The summed E-state index contributed by atoms with van der Waals surface area (Å²) in [6, 6.07) is 4.54. The molecular formula is C22H29NO3. The smallest absolute Gasteiger partial charge is 0.165 e. The van der Waals surface area contributed by atoms with E-state index in [0.29, 0.717) is 5.92 Å². The minimum absolute atomic E-state index is 0.0807. The van der Waals surface area contributed by atoms with Crippen LogP contribution in [0.4, 0.5) is 0 Å². The highest BCUT2D eigenvalue weighted by molar-refractivity contribution is 5.62. The summed E-state index contributed by atoms with van der Waals surface area (Å²) in [4.78, 5) is 2.63. The lowest BCUT2D eigenvalue weighted by molar-refractivity contribution is -0.196. The molecule has 3 aliphatic carbocycles. The quantitative estimate of drug-likeness (QED) is 0.905. The maximum Gasteiger partial charge on any atom is 0.165 e. The van der Waals surface area contributed by atoms with E-state index in [1.165, 1.54) is 30.5 Å². The number of benzene rings is 1. The number of ether oxygens (including phenoxy) is 2. The van der Waals surface area contributed by atoms with Gasteiger partial charge in [0.15, 0.2) is 11.5 Å². The predicted molar refractivity (Wildman–Crippen MR) is 98.8 cm³/mol. The van der Waals surface area contributed by atoms with Crippen molar-refractivity contribution in [2.75, 3.05) is 20.2 Å². The van der Waals surface area contributed by atoms with Gasteiger partial charge in [0, 0.05) is 18.2 Å². The van der Waals surface area contributed by atoms with Gasteiger partial charge >= 0.3 is 0 Å². The molecule has 1 saturated heterocycles. The maximum absolute atomic E-state index is 12.2. The van der Waals surface area contributed by atoms with Crippen molar-refractivity contribution in [2.24, 2.45) is 11.8 Å². The van der Waals surface area contributed by atoms with E-state index in [0.717, 1.165) is 49.6 Å². The average molecular weight is 355 g/mol. The van der Waals surface area contributed by atoms with Gasteiger partial charge in [0.2, 0.25) is 0 Å². The average Bonchev–Trinajstić information content (AvgIpc) is 3.37. The van der Waals surface area contributed by atoms with Crippen molar-refractivity contribution in [2.45, 2.75) is 68.6 Å². The van der Waals surface area contributed by atoms with Gasteiger partial charge in [0.25, 0.3) is 0 Å². The normalized spacial score (nSPS) is 43.0. The molecule has 2 saturated carbocycles. The van der Waals surface area contributed by atoms with E-state index in [9.17, 15) is 5.11 Å². The molecule has 4 heteroatoms. The van der Waals surface area contributed by atoms with Crippen molar-refractivity contribution >= 4 is 0 Å². The van der Waals surface area contributed by atoms with Crippen LogP contribution in [-0.4, -0.2) is 48.0 Å². The Hall–Kier alpha value is -1.26. The Morgan fingerprint density at radius 1 is 1.27 bits per heavy atom. The van der Waals surface area contributed by atoms with Crippen molar-refractivity contribution < 1.29 is 14.6 Å². The molecule has 6 rings (SSSR count). The summed E-state index contributed by atoms with van der Waals surface area (Å²) in [6.07, 6.45) is 6.72. The minimum atomic E-state index is -0.665. The Bertz CT molecular complexity index is 775. The molecule has 1 aromatic rings. The zero-order valence-electron chi connectivity index (χ0n) is 15.8. The fraction of sp³-hybridized carbons (Fsp3) is 0.727. The first-order chi connectivity index (χ1) is 12.6. The summed E-state index contributed by atoms with van der Waals surface area (Å²) in [6.45, 7) is 4.56. The molecule has 1 unspecified atom stereocenters. The number of rotatable bonds is 3. The minimum Gasteiger partial charge on any atom is -0.493 e. The third kappa shape index (κ3) is 1.69. The van der Waals surface area contributed by atoms with Crippen LogP contribution in [0.3, 0.4) is 0 Å². The van der Waals surface area contributed by atoms with Gasteiger partial charge in [-0.05, 0) is 68.5 Å². The first-order valence-electron chi connectivity index (χ1n) is 10.4. The number of nitrogens with zero attached hydrogens (tertiary/aromatic N) is 1. The molecule has 2 bridgehead atoms. The molecule has 5 atom stereocenters. The Balaban J connectivity index is 1.56. The predicted octanol–water partition coefficient (Wildman–Crippen LogP) is 2.90. The number of hydrogen-bond donors (Lipinski definition) is 1. The van der Waals surface area contributed by atoms with Gasteiger partial charge in [0.05, 0.1) is 18.1 Å². The Morgan fingerprint density at radius 3 is 2.88 bits per heavy atom. The third-order valence-electron chi connectivity index (χ3n) is 8.26. The SMILES string of the molecule is COc1ccc2c3c1O[C@H]1C(C)CC[C@@]4(O)[C@@H](C2)N(CC2CC2)CC[C@]314. The highest BCUT2D eigenvalue weighted by atomic mass is 16.5. The summed E-state index contributed by atoms with van der Waals surface area (Å²) < 4.78 is 12.2. The summed E-state index contributed by atoms with van der Waals surface area (Å²) in [7, 11) is 1.72. The van der Waals surface area contributed by atoms with E-state index in [2.05, 4.69) is 24.0 Å². The highest BCUT2D eigenvalue weighted by Crippen LogP contribution is 2.66. The molecule has 140 valence electrons. The highest BCUT2D eigenvalue weighted by Gasteiger charge is 2.72. The summed E-state index contributed by atoms with van der Waals surface area (Å²) in [5, 5.41) is 12.2. The monoisotopic (exact) mass is 355 g/mol. The Morgan fingerprint density at radius 2 is 2.12 bits per heavy atom. The number of methoxy groups -OCH3 is 1. The Labute approximate surface area is 155 Å². The first kappa shape index (κ1) is 15.8. The second-order valence-corrected chi connectivity index (χ2v) is 9.49. The third-order valence-corrected chi connectivity index (χ3v) is 8.26. The molecule has 0 aromatic heterocycles. The van der Waals surface area contributed by atoms with Crippen LogP contribution >= 0.6 is 0 Å². The zero-order chi connectivity index (χ0) is 17.7. The topological polar surface area (TPSA) is 41.9 Å². The van der Waals surface area contributed by atoms with Gasteiger partial charge in [-0.1, -0.05) is 13.0 Å². The molecule has 2 heterocycles. The van der Waals surface area contributed by atoms with Crippen LogP contribution in [0.1, 0.15) is 50.2 Å². The molecular weight excluding hydrogens is 326 g/mol. The lowest BCUT2D eigenvalue weighted by Gasteiger charge is -2.64. The molecule has 0 radical (unpaired) electrons. The lowest BCUT2D eigenvalue weighted by atomic mass is 9.47. The summed E-state index contributed by atoms with van der Waals surface area (Å²) in [5.74, 6) is 3.09. The van der Waals surface area contributed by atoms with Crippen LogP contribution in [0.15, 0.2) is 12.1 Å². The van der Waals surface area contributed by atoms with Gasteiger partial charge in [-0.2, -0.15) is 0 Å². The molecule has 26 heavy (non-hydrogen) atoms. The van der Waals surface area contributed by atoms with E-state index < -0.39 is 5.60 Å². The molecule has 5 aliphatic rings. The van der Waals surface area contributed by atoms with Crippen LogP contribution in [0.5, 0.6) is 11.5 Å². The van der Waals surface area contributed by atoms with Crippen LogP contribution in [0.25, 0.3) is 0 Å². The van der Waals surface area contributed by atoms with E-state index in [-0.39, 0.29) is 17.6 Å².